The van der Waals surface area contributed by atoms with Crippen LogP contribution in [0.15, 0.2) is 30.3 Å². The lowest BCUT2D eigenvalue weighted by Gasteiger charge is -2.29. The van der Waals surface area contributed by atoms with Gasteiger partial charge in [-0.2, -0.15) is 0 Å². The van der Waals surface area contributed by atoms with E-state index in [2.05, 4.69) is 35.6 Å². The van der Waals surface area contributed by atoms with Crippen molar-refractivity contribution >= 4 is 18.3 Å². The summed E-state index contributed by atoms with van der Waals surface area (Å²) < 4.78 is 0. The minimum absolute atomic E-state index is 0. The summed E-state index contributed by atoms with van der Waals surface area (Å²) in [6.07, 6.45) is 5.54. The SMILES string of the molecule is CNCCN(C)C(=O)CC1CCC(c2ccccc2)CC1.Cl. The van der Waals surface area contributed by atoms with Gasteiger partial charge in [-0.3, -0.25) is 4.79 Å². The van der Waals surface area contributed by atoms with Crippen LogP contribution in [0, 0.1) is 5.92 Å². The monoisotopic (exact) mass is 324 g/mol. The topological polar surface area (TPSA) is 32.3 Å². The number of benzene rings is 1. The molecule has 0 atom stereocenters. The van der Waals surface area contributed by atoms with Gasteiger partial charge in [0.1, 0.15) is 0 Å². The molecule has 1 aliphatic rings. The standard InChI is InChI=1S/C18H28N2O.ClH/c1-19-12-13-20(2)18(21)14-15-8-10-17(11-9-15)16-6-4-3-5-7-16;/h3-7,15,17,19H,8-14H2,1-2H3;1H. The number of rotatable bonds is 6. The lowest BCUT2D eigenvalue weighted by atomic mass is 9.77. The minimum atomic E-state index is 0. The van der Waals surface area contributed by atoms with Crippen molar-refractivity contribution in [2.75, 3.05) is 27.2 Å². The van der Waals surface area contributed by atoms with Crippen LogP contribution < -0.4 is 5.32 Å². The van der Waals surface area contributed by atoms with Crippen molar-refractivity contribution in [2.24, 2.45) is 5.92 Å². The third-order valence-corrected chi connectivity index (χ3v) is 4.70. The maximum absolute atomic E-state index is 12.2. The Bertz CT molecular complexity index is 430. The molecule has 1 N–H and O–H groups in total. The molecule has 0 aromatic heterocycles. The van der Waals surface area contributed by atoms with E-state index in [9.17, 15) is 4.79 Å². The second kappa shape index (κ2) is 9.86. The molecule has 0 radical (unpaired) electrons. The summed E-state index contributed by atoms with van der Waals surface area (Å²) in [5.41, 5.74) is 1.47. The van der Waals surface area contributed by atoms with Crippen molar-refractivity contribution in [3.63, 3.8) is 0 Å². The van der Waals surface area contributed by atoms with Crippen LogP contribution in [0.25, 0.3) is 0 Å². The molecule has 0 spiro atoms. The number of carbonyl (C=O) groups is 1. The van der Waals surface area contributed by atoms with Gasteiger partial charge in [-0.25, -0.2) is 0 Å². The second-order valence-corrected chi connectivity index (χ2v) is 6.25. The molecule has 124 valence electrons. The molecule has 1 aromatic carbocycles. The first-order chi connectivity index (χ1) is 10.2. The zero-order chi connectivity index (χ0) is 15.1. The van der Waals surface area contributed by atoms with E-state index in [0.29, 0.717) is 17.7 Å². The van der Waals surface area contributed by atoms with E-state index in [1.807, 2.05) is 19.0 Å². The minimum Gasteiger partial charge on any atom is -0.344 e. The van der Waals surface area contributed by atoms with Gasteiger partial charge in [0.25, 0.3) is 0 Å². The van der Waals surface area contributed by atoms with Crippen LogP contribution in [0.4, 0.5) is 0 Å². The molecule has 1 saturated carbocycles. The highest BCUT2D eigenvalue weighted by molar-refractivity contribution is 5.85. The first-order valence-electron chi connectivity index (χ1n) is 8.14. The summed E-state index contributed by atoms with van der Waals surface area (Å²) in [5.74, 6) is 1.57. The van der Waals surface area contributed by atoms with Crippen LogP contribution in [0.2, 0.25) is 0 Å². The third kappa shape index (κ3) is 5.62. The average molecular weight is 325 g/mol. The fourth-order valence-electron chi connectivity index (χ4n) is 3.23. The molecule has 0 bridgehead atoms. The molecule has 0 saturated heterocycles. The number of hydrogen-bond donors (Lipinski definition) is 1. The molecule has 2 rings (SSSR count). The highest BCUT2D eigenvalue weighted by Crippen LogP contribution is 2.37. The summed E-state index contributed by atoms with van der Waals surface area (Å²) in [6.45, 7) is 1.66. The molecular weight excluding hydrogens is 296 g/mol. The van der Waals surface area contributed by atoms with Gasteiger partial charge in [-0.05, 0) is 50.1 Å². The lowest BCUT2D eigenvalue weighted by Crippen LogP contribution is -2.34. The van der Waals surface area contributed by atoms with Gasteiger partial charge < -0.3 is 10.2 Å². The van der Waals surface area contributed by atoms with Gasteiger partial charge in [0, 0.05) is 26.6 Å². The fraction of sp³-hybridized carbons (Fsp3) is 0.611. The van der Waals surface area contributed by atoms with Crippen LogP contribution in [0.5, 0.6) is 0 Å². The smallest absolute Gasteiger partial charge is 0.222 e. The van der Waals surface area contributed by atoms with Gasteiger partial charge in [-0.1, -0.05) is 30.3 Å². The first kappa shape index (κ1) is 19.0. The number of likely N-dealkylation sites (N-methyl/N-ethyl adjacent to an activating group) is 2. The average Bonchev–Trinajstić information content (AvgIpc) is 2.54. The first-order valence-corrected chi connectivity index (χ1v) is 8.14. The Morgan fingerprint density at radius 1 is 1.18 bits per heavy atom. The summed E-state index contributed by atoms with van der Waals surface area (Å²) in [7, 11) is 3.83. The molecule has 0 aliphatic heterocycles. The van der Waals surface area contributed by atoms with Gasteiger partial charge in [-0.15, -0.1) is 12.4 Å². The van der Waals surface area contributed by atoms with Crippen molar-refractivity contribution in [3.05, 3.63) is 35.9 Å². The molecule has 4 heteroatoms. The largest absolute Gasteiger partial charge is 0.344 e. The molecule has 1 amide bonds. The number of hydrogen-bond acceptors (Lipinski definition) is 2. The number of nitrogens with zero attached hydrogens (tertiary/aromatic N) is 1. The Morgan fingerprint density at radius 2 is 1.82 bits per heavy atom. The van der Waals surface area contributed by atoms with Gasteiger partial charge >= 0.3 is 0 Å². The van der Waals surface area contributed by atoms with E-state index in [1.165, 1.54) is 31.2 Å². The van der Waals surface area contributed by atoms with E-state index in [1.54, 1.807) is 0 Å². The molecular formula is C18H29ClN2O. The Hall–Kier alpha value is -1.06. The predicted octanol–water partition coefficient (Wildman–Crippen LogP) is 3.45. The molecule has 1 aliphatic carbocycles. The van der Waals surface area contributed by atoms with Crippen molar-refractivity contribution in [3.8, 4) is 0 Å². The van der Waals surface area contributed by atoms with Crippen LogP contribution in [-0.4, -0.2) is 38.0 Å². The van der Waals surface area contributed by atoms with Crippen LogP contribution in [0.1, 0.15) is 43.6 Å². The Balaban J connectivity index is 0.00000242. The zero-order valence-electron chi connectivity index (χ0n) is 13.8. The molecule has 22 heavy (non-hydrogen) atoms. The highest BCUT2D eigenvalue weighted by Gasteiger charge is 2.24. The van der Waals surface area contributed by atoms with Gasteiger partial charge in [0.2, 0.25) is 5.91 Å². The Morgan fingerprint density at radius 3 is 2.41 bits per heavy atom. The molecule has 1 aromatic rings. The summed E-state index contributed by atoms with van der Waals surface area (Å²) in [5, 5.41) is 3.09. The fourth-order valence-corrected chi connectivity index (χ4v) is 3.23. The van der Waals surface area contributed by atoms with Gasteiger partial charge in [0.05, 0.1) is 0 Å². The van der Waals surface area contributed by atoms with Crippen molar-refractivity contribution in [2.45, 2.75) is 38.0 Å². The predicted molar refractivity (Wildman–Crippen MR) is 94.6 cm³/mol. The quantitative estimate of drug-likeness (QED) is 0.869. The molecule has 0 unspecified atom stereocenters. The second-order valence-electron chi connectivity index (χ2n) is 6.25. The molecule has 3 nitrogen and oxygen atoms in total. The Kier molecular flexibility index (Phi) is 8.51. The van der Waals surface area contributed by atoms with Crippen LogP contribution in [0.3, 0.4) is 0 Å². The van der Waals surface area contributed by atoms with Crippen molar-refractivity contribution < 1.29 is 4.79 Å². The summed E-state index contributed by atoms with van der Waals surface area (Å²) in [6, 6.07) is 10.8. The van der Waals surface area contributed by atoms with E-state index < -0.39 is 0 Å². The van der Waals surface area contributed by atoms with E-state index in [4.69, 9.17) is 0 Å². The third-order valence-electron chi connectivity index (χ3n) is 4.70. The summed E-state index contributed by atoms with van der Waals surface area (Å²) in [4.78, 5) is 14.0. The normalized spacial score (nSPS) is 21.0. The number of halogens is 1. The number of amides is 1. The van der Waals surface area contributed by atoms with E-state index in [-0.39, 0.29) is 12.4 Å². The van der Waals surface area contributed by atoms with Gasteiger partial charge in [0.15, 0.2) is 0 Å². The molecule has 0 heterocycles. The van der Waals surface area contributed by atoms with Crippen LogP contribution in [-0.2, 0) is 4.79 Å². The maximum atomic E-state index is 12.2. The van der Waals surface area contributed by atoms with Crippen molar-refractivity contribution in [1.82, 2.24) is 10.2 Å². The highest BCUT2D eigenvalue weighted by atomic mass is 35.5. The molecule has 1 fully saturated rings. The van der Waals surface area contributed by atoms with E-state index >= 15 is 0 Å². The van der Waals surface area contributed by atoms with Crippen LogP contribution >= 0.6 is 12.4 Å². The van der Waals surface area contributed by atoms with E-state index in [0.717, 1.165) is 19.5 Å². The lowest BCUT2D eigenvalue weighted by molar-refractivity contribution is -0.131. The maximum Gasteiger partial charge on any atom is 0.222 e. The zero-order valence-corrected chi connectivity index (χ0v) is 14.6. The summed E-state index contributed by atoms with van der Waals surface area (Å²) >= 11 is 0. The van der Waals surface area contributed by atoms with Crippen molar-refractivity contribution in [1.29, 1.82) is 0 Å². The Labute approximate surface area is 140 Å². The number of carbonyl (C=O) groups excluding carboxylic acids is 1. The number of nitrogens with one attached hydrogen (secondary N) is 1.